The molecule has 0 unspecified atom stereocenters. The van der Waals surface area contributed by atoms with Gasteiger partial charge in [-0.05, 0) is 26.0 Å². The molecular weight excluding hydrogens is 328 g/mol. The summed E-state index contributed by atoms with van der Waals surface area (Å²) in [6.45, 7) is 5.79. The van der Waals surface area contributed by atoms with Crippen LogP contribution in [0.25, 0.3) is 0 Å². The van der Waals surface area contributed by atoms with E-state index in [1.54, 1.807) is 29.9 Å². The first-order valence-corrected chi connectivity index (χ1v) is 8.60. The lowest BCUT2D eigenvalue weighted by molar-refractivity contribution is 0.0535. The van der Waals surface area contributed by atoms with Crippen molar-refractivity contribution in [1.82, 2.24) is 9.80 Å². The first-order chi connectivity index (χ1) is 11.5. The third-order valence-corrected chi connectivity index (χ3v) is 5.20. The summed E-state index contributed by atoms with van der Waals surface area (Å²) in [6.07, 6.45) is 1.52. The van der Waals surface area contributed by atoms with Crippen LogP contribution in [0.2, 0.25) is 0 Å². The van der Waals surface area contributed by atoms with Gasteiger partial charge in [0.05, 0.1) is 18.9 Å². The van der Waals surface area contributed by atoms with Gasteiger partial charge in [0.15, 0.2) is 0 Å². The van der Waals surface area contributed by atoms with Crippen molar-refractivity contribution in [3.63, 3.8) is 0 Å². The average molecular weight is 348 g/mol. The lowest BCUT2D eigenvalue weighted by Crippen LogP contribution is -2.50. The van der Waals surface area contributed by atoms with Crippen LogP contribution in [-0.4, -0.2) is 54.9 Å². The molecule has 0 aromatic carbocycles. The molecule has 0 aliphatic carbocycles. The van der Waals surface area contributed by atoms with Gasteiger partial charge in [-0.1, -0.05) is 0 Å². The van der Waals surface area contributed by atoms with Crippen LogP contribution < -0.4 is 4.74 Å². The first kappa shape index (κ1) is 16.6. The second kappa shape index (κ2) is 6.68. The number of hydrogen-bond acceptors (Lipinski definition) is 5. The summed E-state index contributed by atoms with van der Waals surface area (Å²) in [5.74, 6) is 1.17. The van der Waals surface area contributed by atoms with Gasteiger partial charge in [0.2, 0.25) is 0 Å². The Hall–Kier alpha value is -2.28. The second-order valence-electron chi connectivity index (χ2n) is 5.73. The average Bonchev–Trinajstić information content (AvgIpc) is 3.19. The fourth-order valence-electron chi connectivity index (χ4n) is 2.82. The number of nitrogens with zero attached hydrogens (tertiary/aromatic N) is 2. The Morgan fingerprint density at radius 2 is 1.75 bits per heavy atom. The highest BCUT2D eigenvalue weighted by molar-refractivity contribution is 7.14. The van der Waals surface area contributed by atoms with Gasteiger partial charge >= 0.3 is 0 Å². The molecule has 1 aliphatic heterocycles. The highest BCUT2D eigenvalue weighted by Crippen LogP contribution is 2.30. The topological polar surface area (TPSA) is 63.0 Å². The largest absolute Gasteiger partial charge is 0.495 e. The van der Waals surface area contributed by atoms with Gasteiger partial charge in [-0.25, -0.2) is 0 Å². The molecule has 3 heterocycles. The molecule has 0 radical (unpaired) electrons. The Morgan fingerprint density at radius 1 is 1.12 bits per heavy atom. The molecule has 2 aromatic rings. The van der Waals surface area contributed by atoms with Gasteiger partial charge in [-0.2, -0.15) is 0 Å². The molecule has 0 bridgehead atoms. The third-order valence-electron chi connectivity index (χ3n) is 4.18. The number of methoxy groups -OCH3 is 1. The zero-order valence-corrected chi connectivity index (χ0v) is 14.8. The predicted molar refractivity (Wildman–Crippen MR) is 90.9 cm³/mol. The SMILES string of the molecule is COc1cc(C)sc1C(=O)N1CCN(C(=O)c2ccoc2C)CC1. The smallest absolute Gasteiger partial charge is 0.267 e. The number of carbonyl (C=O) groups excluding carboxylic acids is 2. The number of amides is 2. The molecule has 128 valence electrons. The van der Waals surface area contributed by atoms with E-state index in [0.717, 1.165) is 4.88 Å². The highest BCUT2D eigenvalue weighted by atomic mass is 32.1. The Balaban J connectivity index is 1.65. The molecule has 0 N–H and O–H groups in total. The van der Waals surface area contributed by atoms with E-state index >= 15 is 0 Å². The predicted octanol–water partition coefficient (Wildman–Crippen LogP) is 2.56. The Morgan fingerprint density at radius 3 is 2.29 bits per heavy atom. The summed E-state index contributed by atoms with van der Waals surface area (Å²) in [6, 6.07) is 3.56. The van der Waals surface area contributed by atoms with Crippen LogP contribution in [-0.2, 0) is 0 Å². The summed E-state index contributed by atoms with van der Waals surface area (Å²) in [5.41, 5.74) is 0.588. The molecule has 0 spiro atoms. The van der Waals surface area contributed by atoms with Crippen molar-refractivity contribution in [2.24, 2.45) is 0 Å². The maximum Gasteiger partial charge on any atom is 0.267 e. The van der Waals surface area contributed by atoms with Crippen molar-refractivity contribution in [3.8, 4) is 5.75 Å². The van der Waals surface area contributed by atoms with Crippen LogP contribution in [0.15, 0.2) is 22.8 Å². The summed E-state index contributed by atoms with van der Waals surface area (Å²) in [5, 5.41) is 0. The van der Waals surface area contributed by atoms with E-state index in [2.05, 4.69) is 0 Å². The van der Waals surface area contributed by atoms with Crippen molar-refractivity contribution < 1.29 is 18.7 Å². The molecule has 1 saturated heterocycles. The number of aryl methyl sites for hydroxylation is 2. The van der Waals surface area contributed by atoms with Crippen molar-refractivity contribution in [1.29, 1.82) is 0 Å². The number of piperazine rings is 1. The van der Waals surface area contributed by atoms with Crippen LogP contribution >= 0.6 is 11.3 Å². The maximum absolute atomic E-state index is 12.7. The maximum atomic E-state index is 12.7. The molecular formula is C17H20N2O4S. The summed E-state index contributed by atoms with van der Waals surface area (Å²) < 4.78 is 10.5. The Labute approximate surface area is 144 Å². The van der Waals surface area contributed by atoms with Crippen molar-refractivity contribution in [3.05, 3.63) is 39.5 Å². The number of hydrogen-bond donors (Lipinski definition) is 0. The summed E-state index contributed by atoms with van der Waals surface area (Å²) >= 11 is 1.44. The minimum absolute atomic E-state index is 0.0310. The fraction of sp³-hybridized carbons (Fsp3) is 0.412. The quantitative estimate of drug-likeness (QED) is 0.855. The van der Waals surface area contributed by atoms with Crippen LogP contribution in [0.4, 0.5) is 0 Å². The molecule has 3 rings (SSSR count). The van der Waals surface area contributed by atoms with Gasteiger partial charge in [-0.15, -0.1) is 11.3 Å². The monoisotopic (exact) mass is 348 g/mol. The first-order valence-electron chi connectivity index (χ1n) is 7.78. The van der Waals surface area contributed by atoms with Gasteiger partial charge < -0.3 is 19.0 Å². The van der Waals surface area contributed by atoms with Crippen LogP contribution in [0.3, 0.4) is 0 Å². The van der Waals surface area contributed by atoms with E-state index in [-0.39, 0.29) is 11.8 Å². The Bertz CT molecular complexity index is 756. The molecule has 0 saturated carbocycles. The molecule has 1 aliphatic rings. The van der Waals surface area contributed by atoms with Crippen LogP contribution in [0, 0.1) is 13.8 Å². The molecule has 6 nitrogen and oxygen atoms in total. The van der Waals surface area contributed by atoms with E-state index in [4.69, 9.17) is 9.15 Å². The normalized spacial score (nSPS) is 14.8. The fourth-order valence-corrected chi connectivity index (χ4v) is 3.77. The number of carbonyl (C=O) groups is 2. The van der Waals surface area contributed by atoms with Gasteiger partial charge in [0, 0.05) is 31.1 Å². The van der Waals surface area contributed by atoms with E-state index in [9.17, 15) is 9.59 Å². The van der Waals surface area contributed by atoms with Crippen molar-refractivity contribution in [2.75, 3.05) is 33.3 Å². The third kappa shape index (κ3) is 3.03. The second-order valence-corrected chi connectivity index (χ2v) is 6.99. The van der Waals surface area contributed by atoms with E-state index in [0.29, 0.717) is 48.1 Å². The molecule has 2 aromatic heterocycles. The molecule has 1 fully saturated rings. The van der Waals surface area contributed by atoms with E-state index in [1.807, 2.05) is 13.0 Å². The summed E-state index contributed by atoms with van der Waals surface area (Å²) in [4.78, 5) is 30.4. The van der Waals surface area contributed by atoms with E-state index < -0.39 is 0 Å². The molecule has 24 heavy (non-hydrogen) atoms. The van der Waals surface area contributed by atoms with Gasteiger partial charge in [0.1, 0.15) is 16.4 Å². The minimum Gasteiger partial charge on any atom is -0.495 e. The zero-order chi connectivity index (χ0) is 17.3. The van der Waals surface area contributed by atoms with Gasteiger partial charge in [-0.3, -0.25) is 9.59 Å². The lowest BCUT2D eigenvalue weighted by Gasteiger charge is -2.34. The minimum atomic E-state index is -0.0436. The molecule has 0 atom stereocenters. The lowest BCUT2D eigenvalue weighted by atomic mass is 10.2. The van der Waals surface area contributed by atoms with Gasteiger partial charge in [0.25, 0.3) is 11.8 Å². The Kier molecular flexibility index (Phi) is 4.62. The number of thiophene rings is 1. The number of ether oxygens (including phenoxy) is 1. The van der Waals surface area contributed by atoms with Crippen LogP contribution in [0.1, 0.15) is 30.7 Å². The van der Waals surface area contributed by atoms with Crippen molar-refractivity contribution >= 4 is 23.2 Å². The number of furan rings is 1. The standard InChI is InChI=1S/C17H20N2O4S/c1-11-10-14(22-3)15(24-11)17(21)19-7-5-18(6-8-19)16(20)13-4-9-23-12(13)2/h4,9-10H,5-8H2,1-3H3. The van der Waals surface area contributed by atoms with Crippen LogP contribution in [0.5, 0.6) is 5.75 Å². The van der Waals surface area contributed by atoms with Crippen molar-refractivity contribution in [2.45, 2.75) is 13.8 Å². The molecule has 2 amide bonds. The summed E-state index contributed by atoms with van der Waals surface area (Å²) in [7, 11) is 1.57. The highest BCUT2D eigenvalue weighted by Gasteiger charge is 2.28. The number of rotatable bonds is 3. The zero-order valence-electron chi connectivity index (χ0n) is 14.0. The molecule has 7 heteroatoms. The van der Waals surface area contributed by atoms with E-state index in [1.165, 1.54) is 17.6 Å².